The van der Waals surface area contributed by atoms with Gasteiger partial charge in [0.15, 0.2) is 0 Å². The fourth-order valence-electron chi connectivity index (χ4n) is 1.46. The van der Waals surface area contributed by atoms with Crippen molar-refractivity contribution in [3.05, 3.63) is 0 Å². The molecular formula is C10H25NSi2. The Bertz CT molecular complexity index is 142. The fraction of sp³-hybridized carbons (Fsp3) is 1.00. The summed E-state index contributed by atoms with van der Waals surface area (Å²) >= 11 is 0. The quantitative estimate of drug-likeness (QED) is 0.637. The van der Waals surface area contributed by atoms with Crippen LogP contribution in [-0.4, -0.2) is 35.4 Å². The highest BCUT2D eigenvalue weighted by atomic mass is 28.3. The van der Waals surface area contributed by atoms with Gasteiger partial charge < -0.3 is 4.57 Å². The zero-order chi connectivity index (χ0) is 10.6. The van der Waals surface area contributed by atoms with Gasteiger partial charge in [0, 0.05) is 8.80 Å². The minimum Gasteiger partial charge on any atom is -0.325 e. The van der Waals surface area contributed by atoms with Crippen LogP contribution in [0.1, 0.15) is 27.7 Å². The molecule has 0 aromatic heterocycles. The van der Waals surface area contributed by atoms with Gasteiger partial charge in [0.2, 0.25) is 0 Å². The highest BCUT2D eigenvalue weighted by Crippen LogP contribution is 2.33. The van der Waals surface area contributed by atoms with E-state index in [1.165, 1.54) is 13.1 Å². The molecule has 0 N–H and O–H groups in total. The maximum Gasteiger partial charge on any atom is 0.136 e. The molecule has 0 saturated heterocycles. The maximum atomic E-state index is 2.67. The smallest absolute Gasteiger partial charge is 0.136 e. The summed E-state index contributed by atoms with van der Waals surface area (Å²) in [5.41, 5.74) is 0. The second kappa shape index (κ2) is 5.32. The van der Waals surface area contributed by atoms with Crippen LogP contribution in [0.5, 0.6) is 0 Å². The summed E-state index contributed by atoms with van der Waals surface area (Å²) in [6, 6.07) is 0. The average Bonchev–Trinajstić information content (AvgIpc) is 2.06. The Labute approximate surface area is 87.8 Å². The third-order valence-corrected chi connectivity index (χ3v) is 11.9. The van der Waals surface area contributed by atoms with Gasteiger partial charge in [-0.25, -0.2) is 0 Å². The second-order valence-electron chi connectivity index (χ2n) is 4.38. The number of rotatable bonds is 5. The Morgan fingerprint density at radius 3 is 1.62 bits per heavy atom. The zero-order valence-electron chi connectivity index (χ0n) is 10.4. The molecule has 0 fully saturated rings. The molecule has 0 saturated carbocycles. The Morgan fingerprint density at radius 1 is 1.00 bits per heavy atom. The van der Waals surface area contributed by atoms with Crippen molar-refractivity contribution in [2.75, 3.05) is 13.1 Å². The van der Waals surface area contributed by atoms with Gasteiger partial charge in [-0.05, 0) is 17.8 Å². The van der Waals surface area contributed by atoms with Crippen LogP contribution < -0.4 is 0 Å². The molecule has 0 bridgehead atoms. The predicted octanol–water partition coefficient (Wildman–Crippen LogP) is 3.02. The van der Waals surface area contributed by atoms with Crippen molar-refractivity contribution in [1.29, 1.82) is 0 Å². The van der Waals surface area contributed by atoms with Crippen LogP contribution in [0.4, 0.5) is 0 Å². The molecular weight excluding hydrogens is 190 g/mol. The molecule has 2 radical (unpaired) electrons. The topological polar surface area (TPSA) is 3.24 Å². The predicted molar refractivity (Wildman–Crippen MR) is 66.1 cm³/mol. The molecule has 0 amide bonds. The Balaban J connectivity index is 4.45. The van der Waals surface area contributed by atoms with E-state index in [1.54, 1.807) is 0 Å². The first-order chi connectivity index (χ1) is 5.87. The minimum atomic E-state index is -0.327. The van der Waals surface area contributed by atoms with Gasteiger partial charge in [-0.15, -0.1) is 0 Å². The van der Waals surface area contributed by atoms with Gasteiger partial charge in [0.1, 0.15) is 8.96 Å². The largest absolute Gasteiger partial charge is 0.325 e. The van der Waals surface area contributed by atoms with Crippen LogP contribution in [0, 0.1) is 0 Å². The van der Waals surface area contributed by atoms with Crippen LogP contribution in [0.2, 0.25) is 24.3 Å². The van der Waals surface area contributed by atoms with E-state index in [1.807, 2.05) is 0 Å². The lowest BCUT2D eigenvalue weighted by atomic mass is 10.5. The number of hydrogen-bond donors (Lipinski definition) is 0. The molecule has 0 aromatic rings. The second-order valence-corrected chi connectivity index (χ2v) is 11.2. The molecule has 0 heterocycles. The van der Waals surface area contributed by atoms with E-state index in [-0.39, 0.29) is 17.8 Å². The number of hydrogen-bond acceptors (Lipinski definition) is 1. The zero-order valence-corrected chi connectivity index (χ0v) is 12.4. The van der Waals surface area contributed by atoms with Gasteiger partial charge in [-0.1, -0.05) is 47.3 Å². The Hall–Kier alpha value is 0.394. The lowest BCUT2D eigenvalue weighted by Gasteiger charge is -2.39. The molecule has 0 atom stereocenters. The van der Waals surface area contributed by atoms with Crippen LogP contribution in [0.15, 0.2) is 0 Å². The van der Waals surface area contributed by atoms with Crippen molar-refractivity contribution >= 4 is 17.8 Å². The van der Waals surface area contributed by atoms with E-state index >= 15 is 0 Å². The fourth-order valence-corrected chi connectivity index (χ4v) is 6.56. The lowest BCUT2D eigenvalue weighted by molar-refractivity contribution is 0.467. The van der Waals surface area contributed by atoms with E-state index in [9.17, 15) is 0 Å². The van der Waals surface area contributed by atoms with Crippen LogP contribution in [0.25, 0.3) is 0 Å². The molecule has 13 heavy (non-hydrogen) atoms. The van der Waals surface area contributed by atoms with Crippen molar-refractivity contribution in [2.24, 2.45) is 0 Å². The maximum absolute atomic E-state index is 2.67. The molecule has 0 aliphatic heterocycles. The molecule has 0 aliphatic carbocycles. The SMILES string of the molecule is CCN(CC)[Si](C)C(C)(C)[Si](C)C. The minimum absolute atomic E-state index is 0.171. The van der Waals surface area contributed by atoms with Crippen molar-refractivity contribution in [3.8, 4) is 0 Å². The van der Waals surface area contributed by atoms with Gasteiger partial charge in [-0.2, -0.15) is 0 Å². The van der Waals surface area contributed by atoms with Gasteiger partial charge >= 0.3 is 0 Å². The summed E-state index contributed by atoms with van der Waals surface area (Å²) in [5, 5.41) is 0. The monoisotopic (exact) mass is 215 g/mol. The highest BCUT2D eigenvalue weighted by Gasteiger charge is 2.34. The molecule has 78 valence electrons. The van der Waals surface area contributed by atoms with Crippen molar-refractivity contribution in [2.45, 2.75) is 52.0 Å². The van der Waals surface area contributed by atoms with Crippen LogP contribution in [-0.2, 0) is 0 Å². The summed E-state index contributed by atoms with van der Waals surface area (Å²) in [4.78, 5) is 0. The van der Waals surface area contributed by atoms with Crippen LogP contribution >= 0.6 is 0 Å². The normalized spacial score (nSPS) is 13.4. The Kier molecular flexibility index (Phi) is 5.48. The van der Waals surface area contributed by atoms with Gasteiger partial charge in [-0.3, -0.25) is 0 Å². The first-order valence-corrected chi connectivity index (χ1v) is 9.72. The first-order valence-electron chi connectivity index (χ1n) is 5.27. The van der Waals surface area contributed by atoms with E-state index < -0.39 is 0 Å². The average molecular weight is 215 g/mol. The van der Waals surface area contributed by atoms with E-state index in [0.717, 1.165) is 0 Å². The lowest BCUT2D eigenvalue weighted by Crippen LogP contribution is -2.48. The summed E-state index contributed by atoms with van der Waals surface area (Å²) < 4.78 is 3.28. The highest BCUT2D eigenvalue weighted by molar-refractivity contribution is 6.79. The molecule has 0 spiro atoms. The van der Waals surface area contributed by atoms with Crippen LogP contribution in [0.3, 0.4) is 0 Å². The van der Waals surface area contributed by atoms with E-state index in [2.05, 4.69) is 51.9 Å². The first kappa shape index (κ1) is 13.4. The van der Waals surface area contributed by atoms with Gasteiger partial charge in [0.05, 0.1) is 0 Å². The number of nitrogens with zero attached hydrogens (tertiary/aromatic N) is 1. The summed E-state index contributed by atoms with van der Waals surface area (Å²) in [7, 11) is -0.498. The summed E-state index contributed by atoms with van der Waals surface area (Å²) in [6.07, 6.45) is 0. The van der Waals surface area contributed by atoms with Crippen molar-refractivity contribution in [1.82, 2.24) is 4.57 Å². The standard InChI is InChI=1S/C10H25NSi2/c1-8-11(9-2)13(7)10(3,4)12(5)6/h8-9H2,1-7H3. The molecule has 0 aromatic carbocycles. The van der Waals surface area contributed by atoms with E-state index in [0.29, 0.717) is 4.66 Å². The molecule has 0 unspecified atom stereocenters. The Morgan fingerprint density at radius 2 is 1.38 bits per heavy atom. The molecule has 0 rings (SSSR count). The molecule has 0 aliphatic rings. The molecule has 3 heteroatoms. The van der Waals surface area contributed by atoms with E-state index in [4.69, 9.17) is 0 Å². The third-order valence-electron chi connectivity index (χ3n) is 3.39. The summed E-state index contributed by atoms with van der Waals surface area (Å²) in [6.45, 7) is 19.3. The van der Waals surface area contributed by atoms with Gasteiger partial charge in [0.25, 0.3) is 0 Å². The molecule has 1 nitrogen and oxygen atoms in total. The van der Waals surface area contributed by atoms with Crippen molar-refractivity contribution < 1.29 is 0 Å². The third kappa shape index (κ3) is 3.22. The van der Waals surface area contributed by atoms with Crippen molar-refractivity contribution in [3.63, 3.8) is 0 Å². The summed E-state index contributed by atoms with van der Waals surface area (Å²) in [5.74, 6) is 0.